The molecule has 2 rings (SSSR count). The van der Waals surface area contributed by atoms with Crippen LogP contribution >= 0.6 is 22.7 Å². The van der Waals surface area contributed by atoms with Crippen LogP contribution in [0.15, 0.2) is 16.3 Å². The molecule has 0 spiro atoms. The van der Waals surface area contributed by atoms with Crippen molar-refractivity contribution in [1.82, 2.24) is 9.97 Å². The third-order valence-electron chi connectivity index (χ3n) is 2.28. The van der Waals surface area contributed by atoms with E-state index in [0.29, 0.717) is 5.92 Å². The molecule has 0 bridgehead atoms. The van der Waals surface area contributed by atoms with Gasteiger partial charge in [0.05, 0.1) is 11.2 Å². The fourth-order valence-electron chi connectivity index (χ4n) is 1.52. The zero-order valence-electron chi connectivity index (χ0n) is 9.38. The van der Waals surface area contributed by atoms with Crippen molar-refractivity contribution >= 4 is 22.7 Å². The summed E-state index contributed by atoms with van der Waals surface area (Å²) in [6.45, 7) is 4.35. The van der Waals surface area contributed by atoms with E-state index < -0.39 is 0 Å². The predicted octanol–water partition coefficient (Wildman–Crippen LogP) is 3.31. The highest BCUT2D eigenvalue weighted by Gasteiger charge is 2.13. The first-order valence-electron chi connectivity index (χ1n) is 5.26. The van der Waals surface area contributed by atoms with Crippen molar-refractivity contribution in [3.8, 4) is 10.7 Å². The van der Waals surface area contributed by atoms with Crippen LogP contribution in [-0.2, 0) is 0 Å². The van der Waals surface area contributed by atoms with E-state index in [9.17, 15) is 0 Å². The number of thiazole rings is 2. The first kappa shape index (κ1) is 11.7. The van der Waals surface area contributed by atoms with Crippen molar-refractivity contribution in [2.24, 2.45) is 11.7 Å². The van der Waals surface area contributed by atoms with Gasteiger partial charge < -0.3 is 5.73 Å². The molecule has 2 N–H and O–H groups in total. The molecule has 0 aromatic carbocycles. The first-order chi connectivity index (χ1) is 7.66. The molecular weight excluding hydrogens is 238 g/mol. The van der Waals surface area contributed by atoms with Gasteiger partial charge in [-0.05, 0) is 12.3 Å². The van der Waals surface area contributed by atoms with Crippen LogP contribution in [0.5, 0.6) is 0 Å². The van der Waals surface area contributed by atoms with Crippen LogP contribution in [0.4, 0.5) is 0 Å². The molecule has 1 atom stereocenters. The van der Waals surface area contributed by atoms with Gasteiger partial charge in [0, 0.05) is 16.8 Å². The Labute approximate surface area is 103 Å². The summed E-state index contributed by atoms with van der Waals surface area (Å²) in [5, 5.41) is 5.02. The number of nitrogens with zero attached hydrogens (tertiary/aromatic N) is 2. The van der Waals surface area contributed by atoms with Gasteiger partial charge in [-0.3, -0.25) is 0 Å². The van der Waals surface area contributed by atoms with E-state index >= 15 is 0 Å². The molecule has 86 valence electrons. The van der Waals surface area contributed by atoms with Crippen molar-refractivity contribution in [2.75, 3.05) is 0 Å². The number of nitrogens with two attached hydrogens (primary N) is 1. The summed E-state index contributed by atoms with van der Waals surface area (Å²) in [5.74, 6) is 0.597. The highest BCUT2D eigenvalue weighted by atomic mass is 32.1. The van der Waals surface area contributed by atoms with Gasteiger partial charge in [0.2, 0.25) is 0 Å². The Hall–Kier alpha value is -0.780. The minimum Gasteiger partial charge on any atom is -0.323 e. The van der Waals surface area contributed by atoms with E-state index in [1.54, 1.807) is 22.7 Å². The summed E-state index contributed by atoms with van der Waals surface area (Å²) in [7, 11) is 0. The molecule has 0 fully saturated rings. The van der Waals surface area contributed by atoms with Crippen molar-refractivity contribution in [2.45, 2.75) is 26.3 Å². The Morgan fingerprint density at radius 1 is 1.38 bits per heavy atom. The van der Waals surface area contributed by atoms with Crippen molar-refractivity contribution in [3.63, 3.8) is 0 Å². The number of aromatic nitrogens is 2. The molecule has 0 aliphatic heterocycles. The van der Waals surface area contributed by atoms with Gasteiger partial charge in [0.15, 0.2) is 0 Å². The summed E-state index contributed by atoms with van der Waals surface area (Å²) >= 11 is 3.20. The van der Waals surface area contributed by atoms with Gasteiger partial charge in [-0.25, -0.2) is 9.97 Å². The van der Waals surface area contributed by atoms with Gasteiger partial charge in [-0.1, -0.05) is 13.8 Å². The second-order valence-corrected chi connectivity index (χ2v) is 5.76. The monoisotopic (exact) mass is 253 g/mol. The second-order valence-electron chi connectivity index (χ2n) is 4.19. The Balaban J connectivity index is 2.13. The van der Waals surface area contributed by atoms with Gasteiger partial charge in [0.1, 0.15) is 10.7 Å². The number of hydrogen-bond donors (Lipinski definition) is 1. The summed E-state index contributed by atoms with van der Waals surface area (Å²) in [4.78, 5) is 8.79. The van der Waals surface area contributed by atoms with Crippen molar-refractivity contribution in [3.05, 3.63) is 22.0 Å². The van der Waals surface area contributed by atoms with Crippen LogP contribution in [0, 0.1) is 5.92 Å². The molecule has 3 nitrogen and oxygen atoms in total. The van der Waals surface area contributed by atoms with Crippen LogP contribution in [0.2, 0.25) is 0 Å². The fraction of sp³-hybridized carbons (Fsp3) is 0.455. The fourth-order valence-corrected chi connectivity index (χ4v) is 2.98. The highest BCUT2D eigenvalue weighted by molar-refractivity contribution is 7.13. The van der Waals surface area contributed by atoms with Crippen molar-refractivity contribution < 1.29 is 0 Å². The van der Waals surface area contributed by atoms with E-state index in [-0.39, 0.29) is 6.04 Å². The second kappa shape index (κ2) is 5.03. The molecule has 2 aromatic heterocycles. The molecule has 2 aromatic rings. The van der Waals surface area contributed by atoms with Gasteiger partial charge in [-0.2, -0.15) is 0 Å². The van der Waals surface area contributed by atoms with Crippen LogP contribution in [0.25, 0.3) is 10.7 Å². The maximum atomic E-state index is 6.09. The van der Waals surface area contributed by atoms with E-state index in [1.807, 2.05) is 16.3 Å². The average Bonchev–Trinajstić information content (AvgIpc) is 2.87. The number of rotatable bonds is 4. The third-order valence-corrected chi connectivity index (χ3v) is 3.75. The molecule has 0 aliphatic rings. The van der Waals surface area contributed by atoms with Crippen LogP contribution in [0.3, 0.4) is 0 Å². The van der Waals surface area contributed by atoms with Crippen LogP contribution in [-0.4, -0.2) is 9.97 Å². The molecule has 5 heteroatoms. The molecule has 0 aliphatic carbocycles. The maximum Gasteiger partial charge on any atom is 0.143 e. The largest absolute Gasteiger partial charge is 0.323 e. The quantitative estimate of drug-likeness (QED) is 0.909. The number of hydrogen-bond acceptors (Lipinski definition) is 5. The Morgan fingerprint density at radius 2 is 2.19 bits per heavy atom. The summed E-state index contributed by atoms with van der Waals surface area (Å²) in [6, 6.07) is 0.0450. The average molecular weight is 253 g/mol. The minimum absolute atomic E-state index is 0.0450. The molecule has 16 heavy (non-hydrogen) atoms. The van der Waals surface area contributed by atoms with Crippen LogP contribution in [0.1, 0.15) is 32.0 Å². The summed E-state index contributed by atoms with van der Waals surface area (Å²) in [6.07, 6.45) is 0.972. The summed E-state index contributed by atoms with van der Waals surface area (Å²) in [5.41, 5.74) is 9.86. The van der Waals surface area contributed by atoms with Crippen LogP contribution < -0.4 is 5.73 Å². The van der Waals surface area contributed by atoms with E-state index in [2.05, 4.69) is 23.8 Å². The van der Waals surface area contributed by atoms with E-state index in [0.717, 1.165) is 22.8 Å². The molecule has 0 radical (unpaired) electrons. The first-order valence-corrected chi connectivity index (χ1v) is 7.08. The molecule has 0 amide bonds. The SMILES string of the molecule is CC(C)CC(N)c1csc(-c2cscn2)n1. The highest BCUT2D eigenvalue weighted by Crippen LogP contribution is 2.27. The van der Waals surface area contributed by atoms with Gasteiger partial charge in [-0.15, -0.1) is 22.7 Å². The lowest BCUT2D eigenvalue weighted by Gasteiger charge is -2.10. The minimum atomic E-state index is 0.0450. The zero-order chi connectivity index (χ0) is 11.5. The molecular formula is C11H15N3S2. The zero-order valence-corrected chi connectivity index (χ0v) is 11.0. The van der Waals surface area contributed by atoms with E-state index in [1.165, 1.54) is 0 Å². The lowest BCUT2D eigenvalue weighted by molar-refractivity contribution is 0.504. The molecule has 0 saturated heterocycles. The van der Waals surface area contributed by atoms with Gasteiger partial charge >= 0.3 is 0 Å². The smallest absolute Gasteiger partial charge is 0.143 e. The normalized spacial score (nSPS) is 13.2. The Bertz CT molecular complexity index is 434. The standard InChI is InChI=1S/C11H15N3S2/c1-7(2)3-8(12)9-5-16-11(14-9)10-4-15-6-13-10/h4-8H,3,12H2,1-2H3. The topological polar surface area (TPSA) is 51.8 Å². The van der Waals surface area contributed by atoms with Crippen molar-refractivity contribution in [1.29, 1.82) is 0 Å². The van der Waals surface area contributed by atoms with Gasteiger partial charge in [0.25, 0.3) is 0 Å². The predicted molar refractivity (Wildman–Crippen MR) is 69.6 cm³/mol. The lowest BCUT2D eigenvalue weighted by atomic mass is 10.0. The maximum absolute atomic E-state index is 6.09. The molecule has 0 saturated carbocycles. The third kappa shape index (κ3) is 2.66. The molecule has 2 heterocycles. The Kier molecular flexibility index (Phi) is 3.68. The van der Waals surface area contributed by atoms with E-state index in [4.69, 9.17) is 5.73 Å². The molecule has 1 unspecified atom stereocenters. The Morgan fingerprint density at radius 3 is 2.81 bits per heavy atom. The lowest BCUT2D eigenvalue weighted by Crippen LogP contribution is -2.13. The summed E-state index contributed by atoms with van der Waals surface area (Å²) < 4.78 is 0.